The maximum atomic E-state index is 13.3. The minimum absolute atomic E-state index is 0.206. The summed E-state index contributed by atoms with van der Waals surface area (Å²) in [6.45, 7) is 4.71. The molecule has 0 aliphatic heterocycles. The lowest BCUT2D eigenvalue weighted by atomic mass is 10.1. The number of hydrogen-bond donors (Lipinski definition) is 0. The summed E-state index contributed by atoms with van der Waals surface area (Å²) < 4.78 is 28.3. The Bertz CT molecular complexity index is 561. The molecule has 0 fully saturated rings. The molecule has 0 N–H and O–H groups in total. The van der Waals surface area contributed by atoms with Gasteiger partial charge in [-0.3, -0.25) is 0 Å². The van der Waals surface area contributed by atoms with Gasteiger partial charge in [-0.05, 0) is 18.1 Å². The fourth-order valence-corrected chi connectivity index (χ4v) is 2.09. The van der Waals surface area contributed by atoms with Crippen LogP contribution in [0, 0.1) is 17.6 Å². The van der Waals surface area contributed by atoms with Crippen LogP contribution in [-0.2, 0) is 12.4 Å². The Hall–Kier alpha value is -1.49. The first-order valence-electron chi connectivity index (χ1n) is 5.95. The molecular weight excluding hydrogens is 272 g/mol. The molecule has 0 saturated heterocycles. The molecule has 0 bridgehead atoms. The zero-order valence-corrected chi connectivity index (χ0v) is 11.5. The molecule has 0 saturated carbocycles. The normalized spacial score (nSPS) is 11.3. The van der Waals surface area contributed by atoms with Gasteiger partial charge in [-0.25, -0.2) is 8.78 Å². The zero-order valence-electron chi connectivity index (χ0n) is 10.7. The lowest BCUT2D eigenvalue weighted by molar-refractivity contribution is 0.515. The standard InChI is InChI=1S/C13H14ClF2N3/c1-8(2)7-19-12(6-14)17-18-13(19)9-3-10(15)5-11(16)4-9/h3-5,8H,6-7H2,1-2H3. The Balaban J connectivity index is 2.51. The van der Waals surface area contributed by atoms with Gasteiger partial charge in [-0.2, -0.15) is 0 Å². The van der Waals surface area contributed by atoms with E-state index in [1.807, 2.05) is 13.8 Å². The van der Waals surface area contributed by atoms with E-state index in [1.165, 1.54) is 12.1 Å². The molecule has 2 rings (SSSR count). The first-order valence-corrected chi connectivity index (χ1v) is 6.49. The summed E-state index contributed by atoms with van der Waals surface area (Å²) in [7, 11) is 0. The van der Waals surface area contributed by atoms with Crippen LogP contribution in [0.15, 0.2) is 18.2 Å². The van der Waals surface area contributed by atoms with E-state index in [-0.39, 0.29) is 5.88 Å². The van der Waals surface area contributed by atoms with Gasteiger partial charge in [0.25, 0.3) is 0 Å². The molecule has 1 aromatic heterocycles. The van der Waals surface area contributed by atoms with Gasteiger partial charge in [0, 0.05) is 18.2 Å². The van der Waals surface area contributed by atoms with E-state index in [1.54, 1.807) is 4.57 Å². The van der Waals surface area contributed by atoms with Crippen molar-refractivity contribution in [3.8, 4) is 11.4 Å². The number of alkyl halides is 1. The highest BCUT2D eigenvalue weighted by Gasteiger charge is 2.15. The van der Waals surface area contributed by atoms with Crippen molar-refractivity contribution in [1.82, 2.24) is 14.8 Å². The van der Waals surface area contributed by atoms with Gasteiger partial charge in [-0.1, -0.05) is 13.8 Å². The number of benzene rings is 1. The highest BCUT2D eigenvalue weighted by Crippen LogP contribution is 2.22. The zero-order chi connectivity index (χ0) is 14.0. The second-order valence-corrected chi connectivity index (χ2v) is 5.00. The first-order chi connectivity index (χ1) is 9.01. The molecule has 19 heavy (non-hydrogen) atoms. The van der Waals surface area contributed by atoms with Gasteiger partial charge in [0.1, 0.15) is 17.5 Å². The van der Waals surface area contributed by atoms with Crippen LogP contribution in [0.25, 0.3) is 11.4 Å². The summed E-state index contributed by atoms with van der Waals surface area (Å²) >= 11 is 5.81. The van der Waals surface area contributed by atoms with E-state index < -0.39 is 11.6 Å². The van der Waals surface area contributed by atoms with Crippen LogP contribution in [0.2, 0.25) is 0 Å². The Morgan fingerprint density at radius 1 is 1.16 bits per heavy atom. The van der Waals surface area contributed by atoms with Gasteiger partial charge < -0.3 is 4.57 Å². The molecule has 0 aliphatic rings. The summed E-state index contributed by atoms with van der Waals surface area (Å²) in [4.78, 5) is 0. The molecule has 3 nitrogen and oxygen atoms in total. The number of nitrogens with zero attached hydrogens (tertiary/aromatic N) is 3. The monoisotopic (exact) mass is 285 g/mol. The molecule has 0 aliphatic carbocycles. The number of aromatic nitrogens is 3. The second kappa shape index (κ2) is 5.65. The van der Waals surface area contributed by atoms with Crippen LogP contribution in [0.4, 0.5) is 8.78 Å². The van der Waals surface area contributed by atoms with Gasteiger partial charge in [-0.15, -0.1) is 21.8 Å². The molecule has 6 heteroatoms. The van der Waals surface area contributed by atoms with Crippen LogP contribution >= 0.6 is 11.6 Å². The molecule has 0 unspecified atom stereocenters. The minimum atomic E-state index is -0.637. The molecule has 0 atom stereocenters. The summed E-state index contributed by atoms with van der Waals surface area (Å²) in [6.07, 6.45) is 0. The summed E-state index contributed by atoms with van der Waals surface area (Å²) in [5.41, 5.74) is 0.363. The van der Waals surface area contributed by atoms with Gasteiger partial charge in [0.2, 0.25) is 0 Å². The van der Waals surface area contributed by atoms with Crippen molar-refractivity contribution in [2.24, 2.45) is 5.92 Å². The number of hydrogen-bond acceptors (Lipinski definition) is 2. The molecular formula is C13H14ClF2N3. The van der Waals surface area contributed by atoms with E-state index in [2.05, 4.69) is 10.2 Å². The SMILES string of the molecule is CC(C)Cn1c(CCl)nnc1-c1cc(F)cc(F)c1. The Kier molecular flexibility index (Phi) is 4.14. The first kappa shape index (κ1) is 13.9. The average molecular weight is 286 g/mol. The third kappa shape index (κ3) is 3.10. The minimum Gasteiger partial charge on any atom is -0.310 e. The van der Waals surface area contributed by atoms with Gasteiger partial charge in [0.05, 0.1) is 5.88 Å². The highest BCUT2D eigenvalue weighted by atomic mass is 35.5. The third-order valence-electron chi connectivity index (χ3n) is 2.62. The fraction of sp³-hybridized carbons (Fsp3) is 0.385. The molecule has 2 aromatic rings. The van der Waals surface area contributed by atoms with Crippen LogP contribution in [-0.4, -0.2) is 14.8 Å². The number of rotatable bonds is 4. The Morgan fingerprint density at radius 2 is 1.79 bits per heavy atom. The molecule has 102 valence electrons. The van der Waals surface area contributed by atoms with E-state index in [4.69, 9.17) is 11.6 Å². The van der Waals surface area contributed by atoms with Crippen LogP contribution < -0.4 is 0 Å². The van der Waals surface area contributed by atoms with Crippen molar-refractivity contribution >= 4 is 11.6 Å². The van der Waals surface area contributed by atoms with E-state index in [9.17, 15) is 8.78 Å². The maximum Gasteiger partial charge on any atom is 0.164 e. The smallest absolute Gasteiger partial charge is 0.164 e. The maximum absolute atomic E-state index is 13.3. The molecule has 0 amide bonds. The second-order valence-electron chi connectivity index (χ2n) is 4.74. The predicted molar refractivity (Wildman–Crippen MR) is 69.8 cm³/mol. The van der Waals surface area contributed by atoms with Crippen molar-refractivity contribution < 1.29 is 8.78 Å². The Labute approximate surface area is 115 Å². The summed E-state index contributed by atoms with van der Waals surface area (Å²) in [5.74, 6) is 0.299. The van der Waals surface area contributed by atoms with E-state index in [0.29, 0.717) is 29.7 Å². The molecule has 1 aromatic carbocycles. The molecule has 0 spiro atoms. The van der Waals surface area contributed by atoms with Gasteiger partial charge in [0.15, 0.2) is 5.82 Å². The molecule has 1 heterocycles. The summed E-state index contributed by atoms with van der Waals surface area (Å²) in [6, 6.07) is 3.30. The van der Waals surface area contributed by atoms with E-state index >= 15 is 0 Å². The van der Waals surface area contributed by atoms with Crippen LogP contribution in [0.1, 0.15) is 19.7 Å². The van der Waals surface area contributed by atoms with Crippen LogP contribution in [0.5, 0.6) is 0 Å². The highest BCUT2D eigenvalue weighted by molar-refractivity contribution is 6.16. The predicted octanol–water partition coefficient (Wildman–Crippen LogP) is 3.62. The van der Waals surface area contributed by atoms with Crippen molar-refractivity contribution in [2.45, 2.75) is 26.3 Å². The van der Waals surface area contributed by atoms with Crippen molar-refractivity contribution in [2.75, 3.05) is 0 Å². The van der Waals surface area contributed by atoms with Crippen molar-refractivity contribution in [3.05, 3.63) is 35.7 Å². The van der Waals surface area contributed by atoms with Crippen molar-refractivity contribution in [1.29, 1.82) is 0 Å². The van der Waals surface area contributed by atoms with Crippen molar-refractivity contribution in [3.63, 3.8) is 0 Å². The van der Waals surface area contributed by atoms with Crippen LogP contribution in [0.3, 0.4) is 0 Å². The average Bonchev–Trinajstić information content (AvgIpc) is 2.69. The summed E-state index contributed by atoms with van der Waals surface area (Å²) in [5, 5.41) is 7.95. The van der Waals surface area contributed by atoms with Gasteiger partial charge >= 0.3 is 0 Å². The molecule has 0 radical (unpaired) electrons. The third-order valence-corrected chi connectivity index (χ3v) is 2.85. The fourth-order valence-electron chi connectivity index (χ4n) is 1.89. The Morgan fingerprint density at radius 3 is 2.32 bits per heavy atom. The largest absolute Gasteiger partial charge is 0.310 e. The number of halogens is 3. The lowest BCUT2D eigenvalue weighted by Crippen LogP contribution is -2.09. The lowest BCUT2D eigenvalue weighted by Gasteiger charge is -2.11. The topological polar surface area (TPSA) is 30.7 Å². The van der Waals surface area contributed by atoms with E-state index in [0.717, 1.165) is 6.07 Å². The quantitative estimate of drug-likeness (QED) is 0.803.